The van der Waals surface area contributed by atoms with E-state index < -0.39 is 0 Å². The first kappa shape index (κ1) is 13.4. The Morgan fingerprint density at radius 3 is 2.85 bits per heavy atom. The summed E-state index contributed by atoms with van der Waals surface area (Å²) in [5.74, 6) is 0. The maximum Gasteiger partial charge on any atom is 0.0947 e. The molecule has 0 aromatic carbocycles. The Morgan fingerprint density at radius 1 is 1.40 bits per heavy atom. The molecule has 0 amide bonds. The molecule has 20 heavy (non-hydrogen) atoms. The highest BCUT2D eigenvalue weighted by molar-refractivity contribution is 5.10. The Hall–Kier alpha value is -1.62. The normalized spacial score (nSPS) is 17.7. The number of hydrogen-bond donors (Lipinski definition) is 1. The van der Waals surface area contributed by atoms with Gasteiger partial charge in [0.2, 0.25) is 0 Å². The summed E-state index contributed by atoms with van der Waals surface area (Å²) in [6, 6.07) is 2.99. The molecule has 108 valence electrons. The van der Waals surface area contributed by atoms with Crippen LogP contribution in [0.1, 0.15) is 49.2 Å². The number of aryl methyl sites for hydroxylation is 1. The highest BCUT2D eigenvalue weighted by Gasteiger charge is 2.19. The summed E-state index contributed by atoms with van der Waals surface area (Å²) < 4.78 is 4.14. The Bertz CT molecular complexity index is 550. The molecule has 1 atom stereocenters. The molecule has 0 bridgehead atoms. The van der Waals surface area contributed by atoms with Crippen LogP contribution in [-0.4, -0.2) is 26.4 Å². The molecule has 1 saturated carbocycles. The smallest absolute Gasteiger partial charge is 0.0947 e. The first-order valence-electron chi connectivity index (χ1n) is 7.45. The largest absolute Gasteiger partial charge is 0.340 e. The van der Waals surface area contributed by atoms with Crippen molar-refractivity contribution in [2.45, 2.75) is 44.2 Å². The van der Waals surface area contributed by atoms with Gasteiger partial charge in [0.25, 0.3) is 0 Å². The van der Waals surface area contributed by atoms with Gasteiger partial charge in [0.05, 0.1) is 29.8 Å². The van der Waals surface area contributed by atoms with Gasteiger partial charge in [0.15, 0.2) is 0 Å². The lowest BCUT2D eigenvalue weighted by atomic mass is 10.1. The lowest BCUT2D eigenvalue weighted by Crippen LogP contribution is -2.19. The molecular formula is C15H23N5. The maximum atomic E-state index is 4.75. The fraction of sp³-hybridized carbons (Fsp3) is 0.600. The summed E-state index contributed by atoms with van der Waals surface area (Å²) in [7, 11) is 3.98. The predicted molar refractivity (Wildman–Crippen MR) is 78.4 cm³/mol. The minimum absolute atomic E-state index is 0.225. The van der Waals surface area contributed by atoms with Gasteiger partial charge in [0.1, 0.15) is 0 Å². The van der Waals surface area contributed by atoms with E-state index in [9.17, 15) is 0 Å². The Balaban J connectivity index is 1.69. The molecule has 0 radical (unpaired) electrons. The Kier molecular flexibility index (Phi) is 3.87. The molecule has 0 spiro atoms. The third-order valence-electron chi connectivity index (χ3n) is 4.21. The molecular weight excluding hydrogens is 250 g/mol. The van der Waals surface area contributed by atoms with Crippen molar-refractivity contribution >= 4 is 0 Å². The molecule has 3 rings (SSSR count). The van der Waals surface area contributed by atoms with Crippen molar-refractivity contribution in [3.8, 4) is 0 Å². The van der Waals surface area contributed by atoms with Gasteiger partial charge in [0, 0.05) is 25.9 Å². The molecule has 1 N–H and O–H groups in total. The summed E-state index contributed by atoms with van der Waals surface area (Å²) in [6.07, 6.45) is 12.2. The zero-order valence-electron chi connectivity index (χ0n) is 12.3. The average molecular weight is 273 g/mol. The van der Waals surface area contributed by atoms with Crippen molar-refractivity contribution in [3.63, 3.8) is 0 Å². The maximum absolute atomic E-state index is 4.75. The molecule has 0 aliphatic heterocycles. The van der Waals surface area contributed by atoms with Crippen LogP contribution in [0.3, 0.4) is 0 Å². The Labute approximate surface area is 120 Å². The standard InChI is InChI=1S/C15H23N5/c1-16-14(15-10-19(2)11-17-15)9-12-7-8-20(18-12)13-5-3-4-6-13/h7-8,10-11,13-14,16H,3-6,9H2,1-2H3. The van der Waals surface area contributed by atoms with Crippen molar-refractivity contribution in [2.75, 3.05) is 7.05 Å². The van der Waals surface area contributed by atoms with Crippen LogP contribution in [0.25, 0.3) is 0 Å². The van der Waals surface area contributed by atoms with Crippen LogP contribution >= 0.6 is 0 Å². The van der Waals surface area contributed by atoms with Gasteiger partial charge in [-0.15, -0.1) is 0 Å². The zero-order chi connectivity index (χ0) is 13.9. The molecule has 5 heteroatoms. The third-order valence-corrected chi connectivity index (χ3v) is 4.21. The number of aromatic nitrogens is 4. The SMILES string of the molecule is CNC(Cc1ccn(C2CCCC2)n1)c1cn(C)cn1. The van der Waals surface area contributed by atoms with Crippen molar-refractivity contribution in [3.05, 3.63) is 36.2 Å². The number of nitrogens with zero attached hydrogens (tertiary/aromatic N) is 4. The second kappa shape index (κ2) is 5.79. The molecule has 2 aromatic heterocycles. The number of rotatable bonds is 5. The van der Waals surface area contributed by atoms with E-state index in [1.807, 2.05) is 25.0 Å². The number of nitrogens with one attached hydrogen (secondary N) is 1. The molecule has 0 saturated heterocycles. The van der Waals surface area contributed by atoms with Crippen molar-refractivity contribution < 1.29 is 0 Å². The molecule has 1 aliphatic rings. The van der Waals surface area contributed by atoms with Crippen LogP contribution in [0.5, 0.6) is 0 Å². The van der Waals surface area contributed by atoms with Crippen LogP contribution in [0.15, 0.2) is 24.8 Å². The summed E-state index contributed by atoms with van der Waals surface area (Å²) in [6.45, 7) is 0. The van der Waals surface area contributed by atoms with Crippen molar-refractivity contribution in [2.24, 2.45) is 7.05 Å². The van der Waals surface area contributed by atoms with Gasteiger partial charge in [-0.05, 0) is 26.0 Å². The quantitative estimate of drug-likeness (QED) is 0.909. The van der Waals surface area contributed by atoms with E-state index in [2.05, 4.69) is 33.4 Å². The molecule has 1 fully saturated rings. The van der Waals surface area contributed by atoms with Gasteiger partial charge in [-0.25, -0.2) is 4.98 Å². The van der Waals surface area contributed by atoms with Crippen LogP contribution in [0.2, 0.25) is 0 Å². The first-order chi connectivity index (χ1) is 9.76. The van der Waals surface area contributed by atoms with E-state index in [1.54, 1.807) is 0 Å². The average Bonchev–Trinajstić information content (AvgIpc) is 3.16. The van der Waals surface area contributed by atoms with E-state index in [0.29, 0.717) is 6.04 Å². The van der Waals surface area contributed by atoms with E-state index in [1.165, 1.54) is 25.7 Å². The van der Waals surface area contributed by atoms with Crippen molar-refractivity contribution in [1.29, 1.82) is 0 Å². The summed E-state index contributed by atoms with van der Waals surface area (Å²) in [4.78, 5) is 4.43. The van der Waals surface area contributed by atoms with Gasteiger partial charge >= 0.3 is 0 Å². The van der Waals surface area contributed by atoms with Crippen LogP contribution < -0.4 is 5.32 Å². The highest BCUT2D eigenvalue weighted by Crippen LogP contribution is 2.29. The summed E-state index contributed by atoms with van der Waals surface area (Å²) >= 11 is 0. The summed E-state index contributed by atoms with van der Waals surface area (Å²) in [5.41, 5.74) is 2.22. The fourth-order valence-electron chi connectivity index (χ4n) is 3.04. The number of imidazole rings is 1. The van der Waals surface area contributed by atoms with E-state index in [4.69, 9.17) is 5.10 Å². The van der Waals surface area contributed by atoms with Crippen molar-refractivity contribution in [1.82, 2.24) is 24.6 Å². The summed E-state index contributed by atoms with van der Waals surface area (Å²) in [5, 5.41) is 8.09. The number of likely N-dealkylation sites (N-methyl/N-ethyl adjacent to an activating group) is 1. The van der Waals surface area contributed by atoms with Gasteiger partial charge in [-0.1, -0.05) is 12.8 Å². The predicted octanol–water partition coefficient (Wildman–Crippen LogP) is 2.23. The van der Waals surface area contributed by atoms with E-state index in [-0.39, 0.29) is 6.04 Å². The topological polar surface area (TPSA) is 47.7 Å². The molecule has 2 heterocycles. The van der Waals surface area contributed by atoms with E-state index >= 15 is 0 Å². The molecule has 2 aromatic rings. The second-order valence-electron chi connectivity index (χ2n) is 5.73. The van der Waals surface area contributed by atoms with E-state index in [0.717, 1.165) is 17.8 Å². The third kappa shape index (κ3) is 2.77. The number of hydrogen-bond acceptors (Lipinski definition) is 3. The first-order valence-corrected chi connectivity index (χ1v) is 7.45. The highest BCUT2D eigenvalue weighted by atomic mass is 15.3. The van der Waals surface area contributed by atoms with Gasteiger partial charge in [-0.3, -0.25) is 4.68 Å². The van der Waals surface area contributed by atoms with Crippen LogP contribution in [0.4, 0.5) is 0 Å². The van der Waals surface area contributed by atoms with Gasteiger partial charge < -0.3 is 9.88 Å². The second-order valence-corrected chi connectivity index (χ2v) is 5.73. The van der Waals surface area contributed by atoms with Crippen LogP contribution in [-0.2, 0) is 13.5 Å². The fourth-order valence-corrected chi connectivity index (χ4v) is 3.04. The Morgan fingerprint density at radius 2 is 2.20 bits per heavy atom. The van der Waals surface area contributed by atoms with Gasteiger partial charge in [-0.2, -0.15) is 5.10 Å². The zero-order valence-corrected chi connectivity index (χ0v) is 12.3. The van der Waals surface area contributed by atoms with Crippen LogP contribution in [0, 0.1) is 0 Å². The lowest BCUT2D eigenvalue weighted by Gasteiger charge is -2.12. The molecule has 1 unspecified atom stereocenters. The molecule has 1 aliphatic carbocycles. The minimum atomic E-state index is 0.225. The lowest BCUT2D eigenvalue weighted by molar-refractivity contribution is 0.458. The minimum Gasteiger partial charge on any atom is -0.340 e. The monoisotopic (exact) mass is 273 g/mol. The molecule has 5 nitrogen and oxygen atoms in total.